The van der Waals surface area contributed by atoms with E-state index in [4.69, 9.17) is 10.8 Å². The van der Waals surface area contributed by atoms with Crippen molar-refractivity contribution < 1.29 is 9.90 Å². The van der Waals surface area contributed by atoms with Crippen LogP contribution in [0.3, 0.4) is 0 Å². The molecule has 1 unspecified atom stereocenters. The highest BCUT2D eigenvalue weighted by Crippen LogP contribution is 2.52. The van der Waals surface area contributed by atoms with Crippen molar-refractivity contribution in [3.05, 3.63) is 11.9 Å². The van der Waals surface area contributed by atoms with Gasteiger partial charge >= 0.3 is 5.97 Å². The third kappa shape index (κ3) is 1.82. The number of anilines is 1. The molecule has 1 fully saturated rings. The summed E-state index contributed by atoms with van der Waals surface area (Å²) in [7, 11) is 0. The van der Waals surface area contributed by atoms with Crippen LogP contribution in [0, 0.1) is 11.3 Å². The van der Waals surface area contributed by atoms with Crippen LogP contribution in [-0.2, 0) is 6.54 Å². The van der Waals surface area contributed by atoms with Crippen molar-refractivity contribution in [2.75, 3.05) is 5.73 Å². The molecule has 0 amide bonds. The molecule has 5 heteroatoms. The molecule has 5 nitrogen and oxygen atoms in total. The van der Waals surface area contributed by atoms with Crippen molar-refractivity contribution in [2.24, 2.45) is 11.3 Å². The molecule has 0 aromatic carbocycles. The Kier molecular flexibility index (Phi) is 1.99. The Labute approximate surface area is 87.9 Å². The molecule has 2 rings (SSSR count). The van der Waals surface area contributed by atoms with Crippen LogP contribution >= 0.6 is 0 Å². The van der Waals surface area contributed by atoms with Crippen LogP contribution in [-0.4, -0.2) is 20.9 Å². The van der Waals surface area contributed by atoms with Gasteiger partial charge in [0.05, 0.1) is 5.69 Å². The number of carboxylic acids is 1. The first-order valence-electron chi connectivity index (χ1n) is 4.96. The van der Waals surface area contributed by atoms with Crippen molar-refractivity contribution in [3.8, 4) is 0 Å². The molecule has 15 heavy (non-hydrogen) atoms. The first kappa shape index (κ1) is 10.0. The van der Waals surface area contributed by atoms with Crippen molar-refractivity contribution in [2.45, 2.75) is 26.8 Å². The molecule has 0 bridgehead atoms. The molecule has 1 heterocycles. The Morgan fingerprint density at radius 3 is 2.80 bits per heavy atom. The SMILES string of the molecule is CC1(C)CC1Cn1cc(N)c(C(=O)O)n1. The van der Waals surface area contributed by atoms with Crippen molar-refractivity contribution in [3.63, 3.8) is 0 Å². The molecule has 1 aromatic heterocycles. The largest absolute Gasteiger partial charge is 0.476 e. The van der Waals surface area contributed by atoms with Crippen molar-refractivity contribution in [1.82, 2.24) is 9.78 Å². The van der Waals surface area contributed by atoms with Crippen LogP contribution in [0.1, 0.15) is 30.8 Å². The maximum absolute atomic E-state index is 10.7. The molecular formula is C10H15N3O2. The van der Waals surface area contributed by atoms with Gasteiger partial charge in [-0.2, -0.15) is 5.10 Å². The standard InChI is InChI=1S/C10H15N3O2/c1-10(2)3-6(10)4-13-5-7(11)8(12-13)9(14)15/h5-6H,3-4,11H2,1-2H3,(H,14,15). The molecule has 1 atom stereocenters. The fourth-order valence-corrected chi connectivity index (χ4v) is 1.81. The molecule has 1 aliphatic carbocycles. The first-order chi connectivity index (χ1) is 6.90. The Balaban J connectivity index is 2.11. The molecule has 0 spiro atoms. The lowest BCUT2D eigenvalue weighted by Crippen LogP contribution is -2.06. The summed E-state index contributed by atoms with van der Waals surface area (Å²) in [5.74, 6) is -0.486. The predicted octanol–water partition coefficient (Wildman–Crippen LogP) is 1.21. The van der Waals surface area contributed by atoms with Gasteiger partial charge in [0.1, 0.15) is 0 Å². The van der Waals surface area contributed by atoms with Crippen molar-refractivity contribution in [1.29, 1.82) is 0 Å². The zero-order chi connectivity index (χ0) is 11.2. The third-order valence-electron chi connectivity index (χ3n) is 3.12. The summed E-state index contributed by atoms with van der Waals surface area (Å²) in [6, 6.07) is 0. The second kappa shape index (κ2) is 2.98. The number of nitrogen functional groups attached to an aromatic ring is 1. The van der Waals surface area contributed by atoms with E-state index in [9.17, 15) is 4.79 Å². The summed E-state index contributed by atoms with van der Waals surface area (Å²) in [6.07, 6.45) is 2.76. The normalized spacial score (nSPS) is 22.7. The van der Waals surface area contributed by atoms with Gasteiger partial charge < -0.3 is 10.8 Å². The fraction of sp³-hybridized carbons (Fsp3) is 0.600. The van der Waals surface area contributed by atoms with E-state index >= 15 is 0 Å². The minimum atomic E-state index is -1.07. The fourth-order valence-electron chi connectivity index (χ4n) is 1.81. The van der Waals surface area contributed by atoms with Gasteiger partial charge in [0, 0.05) is 12.7 Å². The van der Waals surface area contributed by atoms with Gasteiger partial charge in [0.15, 0.2) is 5.69 Å². The average molecular weight is 209 g/mol. The lowest BCUT2D eigenvalue weighted by atomic mass is 10.1. The van der Waals surface area contributed by atoms with Gasteiger partial charge in [-0.3, -0.25) is 4.68 Å². The zero-order valence-electron chi connectivity index (χ0n) is 8.90. The topological polar surface area (TPSA) is 81.1 Å². The van der Waals surface area contributed by atoms with E-state index in [0.29, 0.717) is 11.3 Å². The molecule has 82 valence electrons. The highest BCUT2D eigenvalue weighted by atomic mass is 16.4. The van der Waals surface area contributed by atoms with Crippen LogP contribution in [0.15, 0.2) is 6.20 Å². The molecule has 0 aliphatic heterocycles. The predicted molar refractivity (Wildman–Crippen MR) is 55.5 cm³/mol. The maximum atomic E-state index is 10.7. The van der Waals surface area contributed by atoms with Crippen LogP contribution in [0.25, 0.3) is 0 Å². The van der Waals surface area contributed by atoms with Crippen LogP contribution in [0.5, 0.6) is 0 Å². The van der Waals surface area contributed by atoms with E-state index in [1.165, 1.54) is 0 Å². The highest BCUT2D eigenvalue weighted by molar-refractivity contribution is 5.91. The second-order valence-electron chi connectivity index (χ2n) is 4.85. The van der Waals surface area contributed by atoms with E-state index in [2.05, 4.69) is 18.9 Å². The summed E-state index contributed by atoms with van der Waals surface area (Å²) >= 11 is 0. The molecule has 1 saturated carbocycles. The van der Waals surface area contributed by atoms with Crippen LogP contribution < -0.4 is 5.73 Å². The highest BCUT2D eigenvalue weighted by Gasteiger charge is 2.45. The lowest BCUT2D eigenvalue weighted by Gasteiger charge is -2.02. The van der Waals surface area contributed by atoms with Gasteiger partial charge in [0.25, 0.3) is 0 Å². The van der Waals surface area contributed by atoms with Gasteiger partial charge in [-0.25, -0.2) is 4.79 Å². The third-order valence-corrected chi connectivity index (χ3v) is 3.12. The van der Waals surface area contributed by atoms with E-state index in [0.717, 1.165) is 13.0 Å². The minimum absolute atomic E-state index is 0.0477. The monoisotopic (exact) mass is 209 g/mol. The summed E-state index contributed by atoms with van der Waals surface area (Å²) < 4.78 is 1.64. The lowest BCUT2D eigenvalue weighted by molar-refractivity contribution is 0.0690. The molecule has 3 N–H and O–H groups in total. The number of hydrogen-bond donors (Lipinski definition) is 2. The molecule has 0 radical (unpaired) electrons. The number of aromatic nitrogens is 2. The summed E-state index contributed by atoms with van der Waals surface area (Å²) in [6.45, 7) is 5.15. The van der Waals surface area contributed by atoms with Crippen LogP contribution in [0.4, 0.5) is 5.69 Å². The van der Waals surface area contributed by atoms with Gasteiger partial charge in [-0.1, -0.05) is 13.8 Å². The first-order valence-corrected chi connectivity index (χ1v) is 4.96. The summed E-state index contributed by atoms with van der Waals surface area (Å²) in [5.41, 5.74) is 6.10. The van der Waals surface area contributed by atoms with E-state index in [1.807, 2.05) is 0 Å². The van der Waals surface area contributed by atoms with Crippen molar-refractivity contribution >= 4 is 11.7 Å². The van der Waals surface area contributed by atoms with Gasteiger partial charge in [-0.15, -0.1) is 0 Å². The van der Waals surface area contributed by atoms with Crippen LogP contribution in [0.2, 0.25) is 0 Å². The van der Waals surface area contributed by atoms with E-state index in [-0.39, 0.29) is 11.4 Å². The second-order valence-corrected chi connectivity index (χ2v) is 4.85. The molecule has 0 saturated heterocycles. The molecular weight excluding hydrogens is 194 g/mol. The molecule has 1 aromatic rings. The smallest absolute Gasteiger partial charge is 0.358 e. The number of nitrogens with zero attached hydrogens (tertiary/aromatic N) is 2. The van der Waals surface area contributed by atoms with E-state index < -0.39 is 5.97 Å². The number of rotatable bonds is 3. The number of aromatic carboxylic acids is 1. The number of carboxylic acid groups (broad SMARTS) is 1. The quantitative estimate of drug-likeness (QED) is 0.784. The number of hydrogen-bond acceptors (Lipinski definition) is 3. The summed E-state index contributed by atoms with van der Waals surface area (Å²) in [5, 5.41) is 12.7. The zero-order valence-corrected chi connectivity index (χ0v) is 8.90. The minimum Gasteiger partial charge on any atom is -0.476 e. The maximum Gasteiger partial charge on any atom is 0.358 e. The van der Waals surface area contributed by atoms with E-state index in [1.54, 1.807) is 10.9 Å². The Hall–Kier alpha value is -1.52. The summed E-state index contributed by atoms with van der Waals surface area (Å²) in [4.78, 5) is 10.7. The molecule has 1 aliphatic rings. The Bertz CT molecular complexity index is 409. The van der Waals surface area contributed by atoms with Gasteiger partial charge in [-0.05, 0) is 17.8 Å². The number of nitrogens with two attached hydrogens (primary N) is 1. The van der Waals surface area contributed by atoms with Gasteiger partial charge in [0.2, 0.25) is 0 Å². The Morgan fingerprint density at radius 2 is 2.40 bits per heavy atom. The average Bonchev–Trinajstić information content (AvgIpc) is 2.55. The number of carbonyl (C=O) groups is 1. The Morgan fingerprint density at radius 1 is 1.80 bits per heavy atom.